The van der Waals surface area contributed by atoms with Crippen LogP contribution in [0.2, 0.25) is 5.15 Å². The number of carbonyl (C=O) groups is 1. The Bertz CT molecular complexity index is 780. The zero-order valence-corrected chi connectivity index (χ0v) is 15.6. The van der Waals surface area contributed by atoms with Gasteiger partial charge in [-0.05, 0) is 40.2 Å². The maximum absolute atomic E-state index is 12.0. The molecule has 2 aromatic heterocycles. The second kappa shape index (κ2) is 6.57. The summed E-state index contributed by atoms with van der Waals surface area (Å²) in [6, 6.07) is 0. The molecule has 2 heterocycles. The lowest BCUT2D eigenvalue weighted by Gasteiger charge is -2.35. The highest BCUT2D eigenvalue weighted by atomic mass is 35.5. The van der Waals surface area contributed by atoms with Gasteiger partial charge in [0.15, 0.2) is 5.15 Å². The first-order chi connectivity index (χ1) is 11.1. The number of amides is 1. The van der Waals surface area contributed by atoms with Crippen molar-refractivity contribution in [3.05, 3.63) is 22.2 Å². The van der Waals surface area contributed by atoms with Crippen LogP contribution in [0.5, 0.6) is 0 Å². The summed E-state index contributed by atoms with van der Waals surface area (Å²) < 4.78 is 6.77. The molecule has 0 atom stereocenters. The molecule has 2 rings (SSSR count). The molecule has 7 nitrogen and oxygen atoms in total. The van der Waals surface area contributed by atoms with Crippen molar-refractivity contribution in [1.82, 2.24) is 14.6 Å². The smallest absolute Gasteiger partial charge is 0.427 e. The van der Waals surface area contributed by atoms with Gasteiger partial charge in [0.2, 0.25) is 0 Å². The fourth-order valence-electron chi connectivity index (χ4n) is 2.64. The molecule has 0 spiro atoms. The topological polar surface area (TPSA) is 80.5 Å². The Balaban J connectivity index is 2.88. The van der Waals surface area contributed by atoms with Gasteiger partial charge in [-0.1, -0.05) is 11.6 Å². The van der Waals surface area contributed by atoms with Gasteiger partial charge in [0.1, 0.15) is 11.3 Å². The van der Waals surface area contributed by atoms with E-state index in [1.54, 1.807) is 11.8 Å². The van der Waals surface area contributed by atoms with Gasteiger partial charge in [-0.2, -0.15) is 0 Å². The number of ether oxygens (including phenoxy) is 1. The average Bonchev–Trinajstić information content (AvgIpc) is 2.80. The van der Waals surface area contributed by atoms with Gasteiger partial charge in [-0.25, -0.2) is 24.4 Å². The summed E-state index contributed by atoms with van der Waals surface area (Å²) in [6.07, 6.45) is -0.606. The van der Waals surface area contributed by atoms with Gasteiger partial charge < -0.3 is 9.84 Å². The van der Waals surface area contributed by atoms with Gasteiger partial charge in [0.05, 0.1) is 17.7 Å². The Kier molecular flexibility index (Phi) is 5.05. The molecule has 0 fully saturated rings. The monoisotopic (exact) mass is 354 g/mol. The normalized spacial score (nSPS) is 12.0. The van der Waals surface area contributed by atoms with Gasteiger partial charge in [-0.15, -0.1) is 0 Å². The zero-order chi connectivity index (χ0) is 18.2. The molecule has 1 N–H and O–H groups in total. The third kappa shape index (κ3) is 3.18. The number of carboxylic acid groups (broad SMARTS) is 1. The lowest BCUT2D eigenvalue weighted by molar-refractivity contribution is 0.182. The van der Waals surface area contributed by atoms with Crippen LogP contribution < -0.4 is 5.01 Å². The van der Waals surface area contributed by atoms with Crippen molar-refractivity contribution in [1.29, 1.82) is 0 Å². The van der Waals surface area contributed by atoms with Crippen molar-refractivity contribution >= 4 is 28.7 Å². The van der Waals surface area contributed by atoms with Gasteiger partial charge >= 0.3 is 6.09 Å². The van der Waals surface area contributed by atoms with Crippen LogP contribution in [0.3, 0.4) is 0 Å². The van der Waals surface area contributed by atoms with Crippen LogP contribution in [0.4, 0.5) is 4.79 Å². The van der Waals surface area contributed by atoms with E-state index in [0.717, 1.165) is 11.3 Å². The van der Waals surface area contributed by atoms with Crippen molar-refractivity contribution in [3.63, 3.8) is 0 Å². The number of aromatic nitrogens is 3. The van der Waals surface area contributed by atoms with Crippen LogP contribution in [-0.4, -0.2) is 45.1 Å². The van der Waals surface area contributed by atoms with E-state index in [-0.39, 0.29) is 5.15 Å². The van der Waals surface area contributed by atoms with Gasteiger partial charge in [-0.3, -0.25) is 0 Å². The van der Waals surface area contributed by atoms with Crippen molar-refractivity contribution in [3.8, 4) is 0 Å². The lowest BCUT2D eigenvalue weighted by Crippen LogP contribution is -2.53. The first-order valence-electron chi connectivity index (χ1n) is 7.66. The maximum atomic E-state index is 12.0. The highest BCUT2D eigenvalue weighted by molar-refractivity contribution is 6.33. The molecule has 0 aliphatic heterocycles. The minimum atomic E-state index is -1.06. The highest BCUT2D eigenvalue weighted by Gasteiger charge is 2.32. The van der Waals surface area contributed by atoms with Crippen molar-refractivity contribution in [2.75, 3.05) is 18.7 Å². The van der Waals surface area contributed by atoms with Crippen LogP contribution >= 0.6 is 11.6 Å². The largest absolute Gasteiger partial charge is 0.464 e. The molecule has 8 heteroatoms. The number of fused-ring (bicyclic) bond motifs is 1. The Morgan fingerprint density at radius 1 is 1.33 bits per heavy atom. The molecule has 0 aromatic carbocycles. The minimum absolute atomic E-state index is 0.268. The number of hydrogen-bond acceptors (Lipinski definition) is 4. The lowest BCUT2D eigenvalue weighted by atomic mass is 10.1. The molecule has 0 saturated heterocycles. The molecule has 0 aliphatic rings. The van der Waals surface area contributed by atoms with Crippen LogP contribution in [0.1, 0.15) is 37.9 Å². The quantitative estimate of drug-likeness (QED) is 0.852. The summed E-state index contributed by atoms with van der Waals surface area (Å²) in [5.41, 5.74) is 2.08. The number of nitrogens with zero attached hydrogens (tertiary/aromatic N) is 4. The zero-order valence-electron chi connectivity index (χ0n) is 14.8. The highest BCUT2D eigenvalue weighted by Crippen LogP contribution is 2.29. The van der Waals surface area contributed by atoms with Crippen molar-refractivity contribution in [2.45, 2.75) is 46.6 Å². The van der Waals surface area contributed by atoms with Crippen LogP contribution in [-0.2, 0) is 11.2 Å². The number of rotatable bonds is 4. The molecular weight excluding hydrogens is 332 g/mol. The Hall–Kier alpha value is -1.86. The summed E-state index contributed by atoms with van der Waals surface area (Å²) in [7, 11) is 1.59. The summed E-state index contributed by atoms with van der Waals surface area (Å²) >= 11 is 6.27. The number of methoxy groups -OCH3 is 1. The molecule has 0 bridgehead atoms. The molecule has 0 saturated carbocycles. The Labute approximate surface area is 146 Å². The molecule has 0 aliphatic carbocycles. The Morgan fingerprint density at radius 3 is 2.46 bits per heavy atom. The fraction of sp³-hybridized carbons (Fsp3) is 0.562. The first kappa shape index (κ1) is 18.5. The first-order valence-corrected chi connectivity index (χ1v) is 8.03. The van der Waals surface area contributed by atoms with E-state index in [4.69, 9.17) is 16.3 Å². The molecule has 132 valence electrons. The van der Waals surface area contributed by atoms with Gasteiger partial charge in [0.25, 0.3) is 0 Å². The minimum Gasteiger partial charge on any atom is -0.464 e. The number of imidazole rings is 1. The number of pyridine rings is 1. The van der Waals surface area contributed by atoms with Crippen molar-refractivity contribution in [2.24, 2.45) is 0 Å². The fourth-order valence-corrected chi connectivity index (χ4v) is 2.90. The second-order valence-electron chi connectivity index (χ2n) is 6.66. The number of hydrogen-bond donors (Lipinski definition) is 1. The van der Waals surface area contributed by atoms with Crippen LogP contribution in [0.25, 0.3) is 11.0 Å². The summed E-state index contributed by atoms with van der Waals surface area (Å²) in [5.74, 6) is 0.571. The summed E-state index contributed by atoms with van der Waals surface area (Å²) in [6.45, 7) is 9.65. The molecule has 1 amide bonds. The number of aryl methyl sites for hydroxylation is 2. The van der Waals surface area contributed by atoms with E-state index in [2.05, 4.69) is 9.97 Å². The van der Waals surface area contributed by atoms with Crippen molar-refractivity contribution < 1.29 is 14.6 Å². The maximum Gasteiger partial charge on any atom is 0.427 e. The molecule has 0 unspecified atom stereocenters. The molecule has 0 radical (unpaired) electrons. The SMILES string of the molecule is COCCc1nc2c(Cl)nc(C)c(C)c2n1N(C(=O)O)C(C)(C)C. The predicted molar refractivity (Wildman–Crippen MR) is 93.6 cm³/mol. The van der Waals surface area contributed by atoms with E-state index in [0.29, 0.717) is 29.9 Å². The van der Waals surface area contributed by atoms with Crippen LogP contribution in [0.15, 0.2) is 0 Å². The third-order valence-electron chi connectivity index (χ3n) is 3.83. The Morgan fingerprint density at radius 2 is 1.96 bits per heavy atom. The van der Waals surface area contributed by atoms with Gasteiger partial charge in [0, 0.05) is 19.2 Å². The van der Waals surface area contributed by atoms with Crippen LogP contribution in [0, 0.1) is 13.8 Å². The average molecular weight is 355 g/mol. The van der Waals surface area contributed by atoms with E-state index < -0.39 is 11.6 Å². The standard InChI is InChI=1S/C16H23ClN4O3/c1-9-10(2)18-14(17)12-13(9)20(11(19-12)7-8-24-6)21(15(22)23)16(3,4)5/h7-8H2,1-6H3,(H,22,23). The second-order valence-corrected chi connectivity index (χ2v) is 7.02. The molecule has 2 aromatic rings. The predicted octanol–water partition coefficient (Wildman–Crippen LogP) is 3.30. The van der Waals surface area contributed by atoms with E-state index >= 15 is 0 Å². The third-order valence-corrected chi connectivity index (χ3v) is 4.09. The van der Waals surface area contributed by atoms with E-state index in [1.807, 2.05) is 34.6 Å². The van der Waals surface area contributed by atoms with E-state index in [9.17, 15) is 9.90 Å². The van der Waals surface area contributed by atoms with E-state index in [1.165, 1.54) is 5.01 Å². The summed E-state index contributed by atoms with van der Waals surface area (Å²) in [4.78, 5) is 20.8. The molecule has 24 heavy (non-hydrogen) atoms. The summed E-state index contributed by atoms with van der Waals surface area (Å²) in [5, 5.41) is 11.4. The number of halogens is 1. The molecular formula is C16H23ClN4O3.